The summed E-state index contributed by atoms with van der Waals surface area (Å²) >= 11 is 6.15. The van der Waals surface area contributed by atoms with Gasteiger partial charge in [-0.25, -0.2) is 4.72 Å². The molecule has 226 valence electrons. The maximum Gasteiger partial charge on any atom is 0.304 e. The minimum absolute atomic E-state index is 0.0521. The van der Waals surface area contributed by atoms with Crippen LogP contribution in [0.3, 0.4) is 0 Å². The first kappa shape index (κ1) is 29.4. The number of aromatic nitrogens is 1. The molecule has 2 fully saturated rings. The zero-order chi connectivity index (χ0) is 29.3. The van der Waals surface area contributed by atoms with Crippen molar-refractivity contribution in [3.63, 3.8) is 0 Å². The van der Waals surface area contributed by atoms with E-state index < -0.39 is 16.1 Å². The van der Waals surface area contributed by atoms with Crippen molar-refractivity contribution in [2.45, 2.75) is 50.6 Å². The van der Waals surface area contributed by atoms with Gasteiger partial charge in [0, 0.05) is 67.2 Å². The Morgan fingerprint density at radius 1 is 1.12 bits per heavy atom. The number of nitrogens with zero attached hydrogens (tertiary/aromatic N) is 3. The van der Waals surface area contributed by atoms with Crippen molar-refractivity contribution in [3.8, 4) is 17.0 Å². The number of likely N-dealkylation sites (N-methyl/N-ethyl adjacent to an activating group) is 1. The zero-order valence-corrected chi connectivity index (χ0v) is 25.7. The third-order valence-electron chi connectivity index (χ3n) is 9.04. The molecule has 1 aliphatic carbocycles. The molecule has 3 heterocycles. The van der Waals surface area contributed by atoms with Gasteiger partial charge in [0.2, 0.25) is 0 Å². The Morgan fingerprint density at radius 2 is 1.88 bits per heavy atom. The number of fused-ring (bicyclic) bond motifs is 5. The van der Waals surface area contributed by atoms with Gasteiger partial charge in [0.05, 0.1) is 11.7 Å². The number of rotatable bonds is 7. The molecule has 9 nitrogen and oxygen atoms in total. The van der Waals surface area contributed by atoms with Gasteiger partial charge in [-0.2, -0.15) is 12.7 Å². The van der Waals surface area contributed by atoms with Gasteiger partial charge < -0.3 is 14.6 Å². The van der Waals surface area contributed by atoms with Gasteiger partial charge in [-0.1, -0.05) is 37.5 Å². The van der Waals surface area contributed by atoms with E-state index in [0.29, 0.717) is 56.7 Å². The average molecular weight is 614 g/mol. The van der Waals surface area contributed by atoms with Gasteiger partial charge >= 0.3 is 10.2 Å². The molecule has 11 heteroatoms. The van der Waals surface area contributed by atoms with E-state index in [4.69, 9.17) is 16.3 Å². The van der Waals surface area contributed by atoms with E-state index in [0.717, 1.165) is 47.3 Å². The van der Waals surface area contributed by atoms with Crippen LogP contribution in [0.15, 0.2) is 42.5 Å². The van der Waals surface area contributed by atoms with Gasteiger partial charge in [-0.15, -0.1) is 11.6 Å². The second kappa shape index (κ2) is 12.5. The molecule has 0 unspecified atom stereocenters. The third kappa shape index (κ3) is 5.79. The number of carbonyl (C=O) groups is 1. The molecule has 0 spiro atoms. The standard InChI is InChI=1S/C31H40ClN5O4S/c1-35(16-13-32)24-20-37-27-19-23(31(38)34-42(39,40)36-17-14-33-15-18-36)11-12-25(27)29(22-7-3-2-4-8-22)30(37)26-9-5-6-10-28(26)41-21-24/h5-6,9-12,19,22,24,33H,2-4,7-8,13-18,20-21H2,1H3,(H,34,38)/t24-/m1/s1. The van der Waals surface area contributed by atoms with E-state index in [1.807, 2.05) is 30.3 Å². The summed E-state index contributed by atoms with van der Waals surface area (Å²) in [5.41, 5.74) is 4.78. The normalized spacial score (nSPS) is 20.4. The first-order valence-electron chi connectivity index (χ1n) is 15.0. The van der Waals surface area contributed by atoms with Crippen LogP contribution >= 0.6 is 11.6 Å². The van der Waals surface area contributed by atoms with Gasteiger partial charge in [0.15, 0.2) is 0 Å². The fraction of sp³-hybridized carbons (Fsp3) is 0.516. The van der Waals surface area contributed by atoms with E-state index in [2.05, 4.69) is 32.6 Å². The summed E-state index contributed by atoms with van der Waals surface area (Å²) in [6, 6.07) is 13.9. The van der Waals surface area contributed by atoms with Crippen LogP contribution in [0.5, 0.6) is 5.75 Å². The Labute approximate surface area is 253 Å². The summed E-state index contributed by atoms with van der Waals surface area (Å²) in [4.78, 5) is 15.6. The number of alkyl halides is 1. The summed E-state index contributed by atoms with van der Waals surface area (Å²) in [5, 5.41) is 4.26. The molecular weight excluding hydrogens is 574 g/mol. The summed E-state index contributed by atoms with van der Waals surface area (Å²) in [7, 11) is -1.87. The number of amides is 1. The smallest absolute Gasteiger partial charge is 0.304 e. The molecule has 42 heavy (non-hydrogen) atoms. The van der Waals surface area contributed by atoms with Crippen LogP contribution in [0.2, 0.25) is 0 Å². The van der Waals surface area contributed by atoms with Crippen LogP contribution in [0, 0.1) is 0 Å². The molecule has 1 atom stereocenters. The summed E-state index contributed by atoms with van der Waals surface area (Å²) < 4.78 is 38.4. The first-order valence-corrected chi connectivity index (χ1v) is 17.0. The van der Waals surface area contributed by atoms with Crippen molar-refractivity contribution in [2.75, 3.05) is 52.3 Å². The summed E-state index contributed by atoms with van der Waals surface area (Å²) in [5.74, 6) is 1.15. The molecule has 0 bridgehead atoms. The first-order chi connectivity index (χ1) is 20.4. The number of benzene rings is 2. The molecule has 3 aromatic rings. The predicted molar refractivity (Wildman–Crippen MR) is 167 cm³/mol. The van der Waals surface area contributed by atoms with Crippen molar-refractivity contribution >= 4 is 38.6 Å². The lowest BCUT2D eigenvalue weighted by molar-refractivity contribution is 0.0978. The highest BCUT2D eigenvalue weighted by atomic mass is 35.5. The summed E-state index contributed by atoms with van der Waals surface area (Å²) in [6.45, 7) is 3.67. The molecule has 2 aliphatic heterocycles. The van der Waals surface area contributed by atoms with Crippen LogP contribution in [-0.2, 0) is 16.8 Å². The highest BCUT2D eigenvalue weighted by molar-refractivity contribution is 7.87. The van der Waals surface area contributed by atoms with Gasteiger partial charge in [0.25, 0.3) is 5.91 Å². The number of para-hydroxylation sites is 1. The number of halogens is 1. The van der Waals surface area contributed by atoms with E-state index in [1.165, 1.54) is 29.1 Å². The molecule has 2 N–H and O–H groups in total. The SMILES string of the molecule is CN(CCCl)[C@H]1COc2ccccc2-c2c(C3CCCCC3)c3ccc(C(=O)NS(=O)(=O)N4CCNCC4)cc3n2C1. The highest BCUT2D eigenvalue weighted by Gasteiger charge is 2.32. The number of ether oxygens (including phenoxy) is 1. The maximum absolute atomic E-state index is 13.4. The van der Waals surface area contributed by atoms with Crippen molar-refractivity contribution in [3.05, 3.63) is 53.6 Å². The van der Waals surface area contributed by atoms with E-state index in [9.17, 15) is 13.2 Å². The molecule has 1 saturated heterocycles. The van der Waals surface area contributed by atoms with Crippen LogP contribution < -0.4 is 14.8 Å². The molecular formula is C31H40ClN5O4S. The number of hydrogen-bond acceptors (Lipinski definition) is 6. The predicted octanol–water partition coefficient (Wildman–Crippen LogP) is 4.17. The minimum atomic E-state index is -3.94. The third-order valence-corrected chi connectivity index (χ3v) is 10.7. The lowest BCUT2D eigenvalue weighted by Crippen LogP contribution is -2.51. The van der Waals surface area contributed by atoms with Crippen LogP contribution in [0.25, 0.3) is 22.2 Å². The van der Waals surface area contributed by atoms with E-state index >= 15 is 0 Å². The average Bonchev–Trinajstić information content (AvgIpc) is 3.31. The molecule has 1 saturated carbocycles. The largest absolute Gasteiger partial charge is 0.491 e. The Balaban J connectivity index is 1.49. The topological polar surface area (TPSA) is 95.9 Å². The molecule has 1 aromatic heterocycles. The maximum atomic E-state index is 13.4. The van der Waals surface area contributed by atoms with Crippen molar-refractivity contribution in [1.82, 2.24) is 23.8 Å². The quantitative estimate of drug-likeness (QED) is 0.389. The van der Waals surface area contributed by atoms with Gasteiger partial charge in [-0.3, -0.25) is 9.69 Å². The second-order valence-electron chi connectivity index (χ2n) is 11.7. The monoisotopic (exact) mass is 613 g/mol. The van der Waals surface area contributed by atoms with Crippen LogP contribution in [0.4, 0.5) is 0 Å². The Morgan fingerprint density at radius 3 is 2.64 bits per heavy atom. The lowest BCUT2D eigenvalue weighted by atomic mass is 9.81. The Bertz CT molecular complexity index is 1550. The van der Waals surface area contributed by atoms with Crippen LogP contribution in [0.1, 0.15) is 53.9 Å². The number of nitrogens with one attached hydrogen (secondary N) is 2. The molecule has 6 rings (SSSR count). The summed E-state index contributed by atoms with van der Waals surface area (Å²) in [6.07, 6.45) is 5.88. The van der Waals surface area contributed by atoms with Gasteiger partial charge in [-0.05, 0) is 55.6 Å². The molecule has 1 amide bonds. The van der Waals surface area contributed by atoms with Crippen molar-refractivity contribution < 1.29 is 17.9 Å². The lowest BCUT2D eigenvalue weighted by Gasteiger charge is -2.32. The minimum Gasteiger partial charge on any atom is -0.491 e. The zero-order valence-electron chi connectivity index (χ0n) is 24.1. The van der Waals surface area contributed by atoms with E-state index in [-0.39, 0.29) is 6.04 Å². The fourth-order valence-corrected chi connectivity index (χ4v) is 8.16. The Kier molecular flexibility index (Phi) is 8.79. The van der Waals surface area contributed by atoms with Crippen molar-refractivity contribution in [1.29, 1.82) is 0 Å². The van der Waals surface area contributed by atoms with Crippen LogP contribution in [-0.4, -0.2) is 86.4 Å². The Hall–Kier alpha value is -2.63. The second-order valence-corrected chi connectivity index (χ2v) is 13.7. The number of piperazine rings is 1. The molecule has 3 aliphatic rings. The number of carbonyl (C=O) groups excluding carboxylic acids is 1. The number of hydrogen-bond donors (Lipinski definition) is 2. The van der Waals surface area contributed by atoms with E-state index in [1.54, 1.807) is 6.07 Å². The molecule has 2 aromatic carbocycles. The fourth-order valence-electron chi connectivity index (χ4n) is 6.75. The van der Waals surface area contributed by atoms with Gasteiger partial charge in [0.1, 0.15) is 12.4 Å². The highest BCUT2D eigenvalue weighted by Crippen LogP contribution is 2.47. The van der Waals surface area contributed by atoms with Crippen molar-refractivity contribution in [2.24, 2.45) is 0 Å². The molecule has 0 radical (unpaired) electrons.